The second-order valence-corrected chi connectivity index (χ2v) is 5.56. The van der Waals surface area contributed by atoms with Gasteiger partial charge in [0.25, 0.3) is 5.91 Å². The number of nitrogens with one attached hydrogen (secondary N) is 2. The Morgan fingerprint density at radius 2 is 2.12 bits per heavy atom. The van der Waals surface area contributed by atoms with E-state index in [1.54, 1.807) is 18.0 Å². The van der Waals surface area contributed by atoms with Crippen LogP contribution in [-0.2, 0) is 6.54 Å². The van der Waals surface area contributed by atoms with Crippen LogP contribution < -0.4 is 15.4 Å². The Bertz CT molecular complexity index is 670. The van der Waals surface area contributed by atoms with E-state index >= 15 is 0 Å². The maximum absolute atomic E-state index is 12.2. The maximum Gasteiger partial charge on any atom is 0.273 e. The van der Waals surface area contributed by atoms with Gasteiger partial charge in [0.1, 0.15) is 5.75 Å². The Balaban J connectivity index is 0.00000208. The average Bonchev–Trinajstić information content (AvgIpc) is 3.11. The Labute approximate surface area is 147 Å². The predicted molar refractivity (Wildman–Crippen MR) is 92.6 cm³/mol. The van der Waals surface area contributed by atoms with E-state index in [2.05, 4.69) is 20.9 Å². The van der Waals surface area contributed by atoms with E-state index in [1.807, 2.05) is 24.3 Å². The van der Waals surface area contributed by atoms with Crippen LogP contribution in [0.2, 0.25) is 0 Å². The smallest absolute Gasteiger partial charge is 0.273 e. The number of aromatic nitrogens is 3. The largest absolute Gasteiger partial charge is 0.496 e. The van der Waals surface area contributed by atoms with Crippen LogP contribution in [-0.4, -0.2) is 41.1 Å². The van der Waals surface area contributed by atoms with Crippen LogP contribution in [0.1, 0.15) is 34.9 Å². The highest BCUT2D eigenvalue weighted by molar-refractivity contribution is 5.91. The summed E-state index contributed by atoms with van der Waals surface area (Å²) in [5.41, 5.74) is 1.27. The second-order valence-electron chi connectivity index (χ2n) is 5.56. The third-order valence-electron chi connectivity index (χ3n) is 4.06. The minimum absolute atomic E-state index is 0. The zero-order chi connectivity index (χ0) is 16.1. The number of carbonyl (C=O) groups excluding carboxylic acids is 1. The third kappa shape index (κ3) is 4.24. The number of benzene rings is 1. The van der Waals surface area contributed by atoms with Gasteiger partial charge in [-0.2, -0.15) is 0 Å². The molecule has 3 rings (SSSR count). The number of hydrogen-bond donors (Lipinski definition) is 2. The van der Waals surface area contributed by atoms with Crippen molar-refractivity contribution in [3.8, 4) is 5.75 Å². The molecule has 2 aromatic rings. The summed E-state index contributed by atoms with van der Waals surface area (Å²) < 4.78 is 7.08. The number of rotatable bonds is 5. The first-order valence-corrected chi connectivity index (χ1v) is 7.80. The van der Waals surface area contributed by atoms with Crippen LogP contribution in [0.3, 0.4) is 0 Å². The monoisotopic (exact) mass is 351 g/mol. The van der Waals surface area contributed by atoms with Crippen molar-refractivity contribution in [2.24, 2.45) is 0 Å². The Morgan fingerprint density at radius 1 is 1.38 bits per heavy atom. The fourth-order valence-electron chi connectivity index (χ4n) is 2.75. The first-order chi connectivity index (χ1) is 11.3. The van der Waals surface area contributed by atoms with Crippen molar-refractivity contribution < 1.29 is 9.53 Å². The lowest BCUT2D eigenvalue weighted by Gasteiger charge is -2.22. The quantitative estimate of drug-likeness (QED) is 0.854. The molecule has 2 N–H and O–H groups in total. The van der Waals surface area contributed by atoms with Crippen molar-refractivity contribution in [1.82, 2.24) is 25.6 Å². The van der Waals surface area contributed by atoms with Gasteiger partial charge in [-0.3, -0.25) is 4.79 Å². The van der Waals surface area contributed by atoms with E-state index in [0.717, 1.165) is 37.2 Å². The molecule has 1 aromatic carbocycles. The van der Waals surface area contributed by atoms with Gasteiger partial charge in [0.15, 0.2) is 5.69 Å². The van der Waals surface area contributed by atoms with Crippen LogP contribution in [0.5, 0.6) is 5.75 Å². The molecule has 1 fully saturated rings. The zero-order valence-electron chi connectivity index (χ0n) is 13.6. The molecule has 1 amide bonds. The molecular formula is C16H22ClN5O2. The highest BCUT2D eigenvalue weighted by atomic mass is 35.5. The van der Waals surface area contributed by atoms with E-state index in [4.69, 9.17) is 4.74 Å². The van der Waals surface area contributed by atoms with Crippen molar-refractivity contribution in [2.45, 2.75) is 25.4 Å². The van der Waals surface area contributed by atoms with Gasteiger partial charge in [-0.15, -0.1) is 17.5 Å². The zero-order valence-corrected chi connectivity index (χ0v) is 14.4. The molecule has 0 bridgehead atoms. The van der Waals surface area contributed by atoms with Gasteiger partial charge < -0.3 is 15.4 Å². The lowest BCUT2D eigenvalue weighted by molar-refractivity contribution is 0.0945. The summed E-state index contributed by atoms with van der Waals surface area (Å²) in [6.07, 6.45) is 3.74. The summed E-state index contributed by atoms with van der Waals surface area (Å²) in [5.74, 6) is 0.530. The average molecular weight is 352 g/mol. The molecule has 8 heteroatoms. The molecule has 1 aliphatic heterocycles. The Kier molecular flexibility index (Phi) is 6.57. The van der Waals surface area contributed by atoms with Crippen molar-refractivity contribution >= 4 is 18.3 Å². The van der Waals surface area contributed by atoms with Crippen molar-refractivity contribution in [1.29, 1.82) is 0 Å². The number of halogens is 1. The van der Waals surface area contributed by atoms with E-state index in [-0.39, 0.29) is 18.3 Å². The maximum atomic E-state index is 12.2. The fourth-order valence-corrected chi connectivity index (χ4v) is 2.75. The number of hydrogen-bond acceptors (Lipinski definition) is 5. The molecule has 1 aliphatic rings. The van der Waals surface area contributed by atoms with Crippen molar-refractivity contribution in [3.63, 3.8) is 0 Å². The minimum Gasteiger partial charge on any atom is -0.496 e. The van der Waals surface area contributed by atoms with E-state index in [1.165, 1.54) is 0 Å². The summed E-state index contributed by atoms with van der Waals surface area (Å²) in [5, 5.41) is 14.3. The first kappa shape index (κ1) is 18.2. The SMILES string of the molecule is COc1ccccc1CNC(=O)c1cn(C2CCNCC2)nn1.Cl. The van der Waals surface area contributed by atoms with Gasteiger partial charge in [0.2, 0.25) is 0 Å². The molecule has 7 nitrogen and oxygen atoms in total. The summed E-state index contributed by atoms with van der Waals surface area (Å²) >= 11 is 0. The standard InChI is InChI=1S/C16H21N5O2.ClH/c1-23-15-5-3-2-4-12(15)10-18-16(22)14-11-21(20-19-14)13-6-8-17-9-7-13;/h2-5,11,13,17H,6-10H2,1H3,(H,18,22);1H. The lowest BCUT2D eigenvalue weighted by atomic mass is 10.1. The van der Waals surface area contributed by atoms with Crippen LogP contribution >= 0.6 is 12.4 Å². The molecule has 1 aromatic heterocycles. The van der Waals surface area contributed by atoms with Gasteiger partial charge in [-0.05, 0) is 32.0 Å². The predicted octanol–water partition coefficient (Wildman–Crippen LogP) is 1.56. The molecule has 1 saturated heterocycles. The number of methoxy groups -OCH3 is 1. The number of amides is 1. The second kappa shape index (κ2) is 8.65. The van der Waals surface area contributed by atoms with E-state index in [0.29, 0.717) is 18.3 Å². The lowest BCUT2D eigenvalue weighted by Crippen LogP contribution is -2.29. The summed E-state index contributed by atoms with van der Waals surface area (Å²) in [7, 11) is 1.62. The highest BCUT2D eigenvalue weighted by Gasteiger charge is 2.18. The molecule has 0 radical (unpaired) electrons. The van der Waals surface area contributed by atoms with Crippen LogP contribution in [0.4, 0.5) is 0 Å². The van der Waals surface area contributed by atoms with Gasteiger partial charge in [0, 0.05) is 12.1 Å². The number of piperidine rings is 1. The first-order valence-electron chi connectivity index (χ1n) is 7.80. The molecule has 0 saturated carbocycles. The minimum atomic E-state index is -0.226. The number of ether oxygens (including phenoxy) is 1. The summed E-state index contributed by atoms with van der Waals surface area (Å²) in [6, 6.07) is 7.92. The van der Waals surface area contributed by atoms with Crippen LogP contribution in [0.15, 0.2) is 30.5 Å². The van der Waals surface area contributed by atoms with Gasteiger partial charge in [-0.25, -0.2) is 4.68 Å². The molecule has 0 aliphatic carbocycles. The summed E-state index contributed by atoms with van der Waals surface area (Å²) in [4.78, 5) is 12.2. The highest BCUT2D eigenvalue weighted by Crippen LogP contribution is 2.18. The van der Waals surface area contributed by atoms with Crippen LogP contribution in [0.25, 0.3) is 0 Å². The number of nitrogens with zero attached hydrogens (tertiary/aromatic N) is 3. The van der Waals surface area contributed by atoms with Crippen molar-refractivity contribution in [2.75, 3.05) is 20.2 Å². The number of para-hydroxylation sites is 1. The normalized spacial score (nSPS) is 14.7. The molecule has 130 valence electrons. The molecule has 2 heterocycles. The molecule has 24 heavy (non-hydrogen) atoms. The van der Waals surface area contributed by atoms with Crippen molar-refractivity contribution in [3.05, 3.63) is 41.7 Å². The van der Waals surface area contributed by atoms with Gasteiger partial charge in [-0.1, -0.05) is 23.4 Å². The molecule has 0 spiro atoms. The molecule has 0 unspecified atom stereocenters. The Morgan fingerprint density at radius 3 is 2.88 bits per heavy atom. The fraction of sp³-hybridized carbons (Fsp3) is 0.438. The third-order valence-corrected chi connectivity index (χ3v) is 4.06. The van der Waals surface area contributed by atoms with E-state index < -0.39 is 0 Å². The van der Waals surface area contributed by atoms with Gasteiger partial charge in [0.05, 0.1) is 19.3 Å². The topological polar surface area (TPSA) is 81.1 Å². The molecular weight excluding hydrogens is 330 g/mol. The number of carbonyl (C=O) groups is 1. The molecule has 0 atom stereocenters. The van der Waals surface area contributed by atoms with Crippen LogP contribution in [0, 0.1) is 0 Å². The Hall–Kier alpha value is -2.12. The van der Waals surface area contributed by atoms with Gasteiger partial charge >= 0.3 is 0 Å². The van der Waals surface area contributed by atoms with E-state index in [9.17, 15) is 4.79 Å². The summed E-state index contributed by atoms with van der Waals surface area (Å²) in [6.45, 7) is 2.34.